The molecule has 182 valence electrons. The lowest BCUT2D eigenvalue weighted by Gasteiger charge is -2.24. The third-order valence-corrected chi connectivity index (χ3v) is 6.48. The van der Waals surface area contributed by atoms with Gasteiger partial charge in [-0.3, -0.25) is 4.79 Å². The van der Waals surface area contributed by atoms with Gasteiger partial charge < -0.3 is 20.5 Å². The summed E-state index contributed by atoms with van der Waals surface area (Å²) >= 11 is 0. The Morgan fingerprint density at radius 2 is 1.91 bits per heavy atom. The summed E-state index contributed by atoms with van der Waals surface area (Å²) in [6.45, 7) is 2.63. The number of carbonyl (C=O) groups excluding carboxylic acids is 1. The molecule has 0 bridgehead atoms. The van der Waals surface area contributed by atoms with Crippen LogP contribution in [-0.4, -0.2) is 45.4 Å². The number of nitrogens with zero attached hydrogens (tertiary/aromatic N) is 1. The van der Waals surface area contributed by atoms with Gasteiger partial charge in [-0.25, -0.2) is 9.37 Å². The summed E-state index contributed by atoms with van der Waals surface area (Å²) in [6, 6.07) is 7.00. The van der Waals surface area contributed by atoms with Crippen molar-refractivity contribution in [2.75, 3.05) is 13.2 Å². The van der Waals surface area contributed by atoms with Gasteiger partial charge in [0.2, 0.25) is 0 Å². The molecule has 1 heterocycles. The molecular weight excluding hydrogens is 454 g/mol. The number of hydrogen-bond acceptors (Lipinski definition) is 4. The lowest BCUT2D eigenvalue weighted by atomic mass is 9.84. The van der Waals surface area contributed by atoms with E-state index in [4.69, 9.17) is 0 Å². The Bertz CT molecular complexity index is 1250. The fourth-order valence-corrected chi connectivity index (χ4v) is 3.89. The second-order valence-electron chi connectivity index (χ2n) is 9.56. The zero-order valence-corrected chi connectivity index (χ0v) is 18.7. The number of rotatable bonds is 7. The molecule has 4 rings (SSSR count). The van der Waals surface area contributed by atoms with E-state index in [0.29, 0.717) is 16.9 Å². The van der Waals surface area contributed by atoms with Crippen LogP contribution in [0.2, 0.25) is 0 Å². The summed E-state index contributed by atoms with van der Waals surface area (Å²) in [5.74, 6) is -0.944. The van der Waals surface area contributed by atoms with Gasteiger partial charge in [0, 0.05) is 29.5 Å². The summed E-state index contributed by atoms with van der Waals surface area (Å²) in [5, 5.41) is 22.2. The number of alkyl halides is 3. The topological polar surface area (TPSA) is 98.2 Å². The molecule has 3 aromatic rings. The number of phenolic OH excluding ortho intramolecular Hbond substituents is 1. The summed E-state index contributed by atoms with van der Waals surface area (Å²) in [6.07, 6.45) is -4.31. The summed E-state index contributed by atoms with van der Waals surface area (Å²) in [5.41, 5.74) is -1.03. The van der Waals surface area contributed by atoms with Crippen molar-refractivity contribution in [3.63, 3.8) is 0 Å². The number of H-pyrrole nitrogens is 1. The Morgan fingerprint density at radius 3 is 2.53 bits per heavy atom. The SMILES string of the molecule is CC(C)(CO)c1cc(F)c(Cc2nc3cc(C(=O)NCC4(C(F)(F)F)CC4)ccc3[nH]2)cc1O. The number of amides is 1. The van der Waals surface area contributed by atoms with Crippen LogP contribution in [-0.2, 0) is 11.8 Å². The van der Waals surface area contributed by atoms with E-state index < -0.39 is 35.3 Å². The number of carbonyl (C=O) groups is 1. The molecular formula is C24H25F4N3O3. The zero-order chi connectivity index (χ0) is 24.9. The van der Waals surface area contributed by atoms with Crippen molar-refractivity contribution in [3.05, 3.63) is 58.7 Å². The molecule has 0 atom stereocenters. The number of imidazole rings is 1. The second kappa shape index (κ2) is 8.26. The van der Waals surface area contributed by atoms with Crippen LogP contribution in [0.3, 0.4) is 0 Å². The van der Waals surface area contributed by atoms with E-state index in [1.807, 2.05) is 0 Å². The zero-order valence-electron chi connectivity index (χ0n) is 18.7. The summed E-state index contributed by atoms with van der Waals surface area (Å²) in [7, 11) is 0. The molecule has 0 aliphatic heterocycles. The van der Waals surface area contributed by atoms with Crippen molar-refractivity contribution >= 4 is 16.9 Å². The minimum atomic E-state index is -4.35. The number of aliphatic hydroxyl groups excluding tert-OH is 1. The standard InChI is InChI=1S/C24H25F4N3O3/c1-22(2,12-32)15-10-16(25)14(8-19(15)33)9-20-30-17-4-3-13(7-18(17)31-20)21(34)29-11-23(5-6-23)24(26,27)28/h3-4,7-8,10,32-33H,5-6,9,11-12H2,1-2H3,(H,29,34)(H,30,31). The maximum absolute atomic E-state index is 14.7. The third kappa shape index (κ3) is 4.46. The van der Waals surface area contributed by atoms with Gasteiger partial charge in [0.05, 0.1) is 23.1 Å². The van der Waals surface area contributed by atoms with Gasteiger partial charge in [-0.1, -0.05) is 13.8 Å². The quantitative estimate of drug-likeness (QED) is 0.379. The monoisotopic (exact) mass is 479 g/mol. The molecule has 0 radical (unpaired) electrons. The Balaban J connectivity index is 1.51. The minimum absolute atomic E-state index is 0.00311. The van der Waals surface area contributed by atoms with Crippen molar-refractivity contribution in [2.45, 2.75) is 44.7 Å². The maximum atomic E-state index is 14.7. The van der Waals surface area contributed by atoms with Crippen LogP contribution in [0.15, 0.2) is 30.3 Å². The van der Waals surface area contributed by atoms with Gasteiger partial charge in [-0.15, -0.1) is 0 Å². The van der Waals surface area contributed by atoms with Crippen LogP contribution < -0.4 is 5.32 Å². The van der Waals surface area contributed by atoms with Gasteiger partial charge >= 0.3 is 6.18 Å². The minimum Gasteiger partial charge on any atom is -0.508 e. The van der Waals surface area contributed by atoms with E-state index in [2.05, 4.69) is 15.3 Å². The van der Waals surface area contributed by atoms with Crippen molar-refractivity contribution in [1.82, 2.24) is 15.3 Å². The van der Waals surface area contributed by atoms with E-state index in [1.54, 1.807) is 19.9 Å². The molecule has 1 amide bonds. The number of nitrogens with one attached hydrogen (secondary N) is 2. The van der Waals surface area contributed by atoms with Gasteiger partial charge in [0.15, 0.2) is 0 Å². The average Bonchev–Trinajstić information content (AvgIpc) is 3.47. The molecule has 0 unspecified atom stereocenters. The van der Waals surface area contributed by atoms with Gasteiger partial charge in [0.25, 0.3) is 5.91 Å². The molecule has 6 nitrogen and oxygen atoms in total. The van der Waals surface area contributed by atoms with E-state index in [9.17, 15) is 32.6 Å². The van der Waals surface area contributed by atoms with E-state index in [1.165, 1.54) is 24.3 Å². The average molecular weight is 479 g/mol. The molecule has 10 heteroatoms. The normalized spacial score (nSPS) is 15.5. The number of phenols is 1. The Hall–Kier alpha value is -3.14. The first-order chi connectivity index (χ1) is 15.8. The van der Waals surface area contributed by atoms with Crippen molar-refractivity contribution in [3.8, 4) is 5.75 Å². The summed E-state index contributed by atoms with van der Waals surface area (Å²) < 4.78 is 53.9. The van der Waals surface area contributed by atoms with Crippen molar-refractivity contribution in [1.29, 1.82) is 0 Å². The second-order valence-corrected chi connectivity index (χ2v) is 9.56. The molecule has 0 spiro atoms. The van der Waals surface area contributed by atoms with Crippen LogP contribution in [0.5, 0.6) is 5.75 Å². The largest absolute Gasteiger partial charge is 0.508 e. The number of aliphatic hydroxyl groups is 1. The maximum Gasteiger partial charge on any atom is 0.396 e. The van der Waals surface area contributed by atoms with Crippen LogP contribution in [0.4, 0.5) is 17.6 Å². The highest BCUT2D eigenvalue weighted by Crippen LogP contribution is 2.57. The molecule has 1 fully saturated rings. The fraction of sp³-hybridized carbons (Fsp3) is 0.417. The highest BCUT2D eigenvalue weighted by Gasteiger charge is 2.63. The van der Waals surface area contributed by atoms with E-state index >= 15 is 0 Å². The smallest absolute Gasteiger partial charge is 0.396 e. The number of hydrogen-bond donors (Lipinski definition) is 4. The van der Waals surface area contributed by atoms with Crippen LogP contribution >= 0.6 is 0 Å². The number of aromatic amines is 1. The number of aromatic nitrogens is 2. The number of halogens is 4. The summed E-state index contributed by atoms with van der Waals surface area (Å²) in [4.78, 5) is 19.8. The van der Waals surface area contributed by atoms with Gasteiger partial charge in [-0.2, -0.15) is 13.2 Å². The van der Waals surface area contributed by atoms with Gasteiger partial charge in [0.1, 0.15) is 17.4 Å². The lowest BCUT2D eigenvalue weighted by molar-refractivity contribution is -0.184. The lowest BCUT2D eigenvalue weighted by Crippen LogP contribution is -2.38. The molecule has 1 saturated carbocycles. The Kier molecular flexibility index (Phi) is 5.83. The number of benzene rings is 2. The van der Waals surface area contributed by atoms with E-state index in [0.717, 1.165) is 0 Å². The molecule has 1 aliphatic rings. The van der Waals surface area contributed by atoms with E-state index in [-0.39, 0.29) is 48.3 Å². The predicted octanol–water partition coefficient (Wildman–Crippen LogP) is 4.34. The molecule has 1 aromatic heterocycles. The number of aromatic hydroxyl groups is 1. The predicted molar refractivity (Wildman–Crippen MR) is 117 cm³/mol. The highest BCUT2D eigenvalue weighted by molar-refractivity contribution is 5.97. The highest BCUT2D eigenvalue weighted by atomic mass is 19.4. The molecule has 34 heavy (non-hydrogen) atoms. The Morgan fingerprint density at radius 1 is 1.21 bits per heavy atom. The fourth-order valence-electron chi connectivity index (χ4n) is 3.89. The van der Waals surface area contributed by atoms with Crippen LogP contribution in [0.25, 0.3) is 11.0 Å². The first-order valence-corrected chi connectivity index (χ1v) is 10.8. The molecule has 0 saturated heterocycles. The first-order valence-electron chi connectivity index (χ1n) is 10.8. The molecule has 2 aromatic carbocycles. The molecule has 4 N–H and O–H groups in total. The van der Waals surface area contributed by atoms with Gasteiger partial charge in [-0.05, 0) is 48.7 Å². The molecule has 1 aliphatic carbocycles. The third-order valence-electron chi connectivity index (χ3n) is 6.48. The van der Waals surface area contributed by atoms with Crippen molar-refractivity contribution in [2.24, 2.45) is 5.41 Å². The first kappa shape index (κ1) is 24.0. The number of fused-ring (bicyclic) bond motifs is 1. The van der Waals surface area contributed by atoms with Crippen LogP contribution in [0.1, 0.15) is 54.0 Å². The Labute approximate surface area is 193 Å². The van der Waals surface area contributed by atoms with Crippen molar-refractivity contribution < 1.29 is 32.6 Å². The van der Waals surface area contributed by atoms with Crippen LogP contribution in [0, 0.1) is 11.2 Å².